The van der Waals surface area contributed by atoms with Gasteiger partial charge < -0.3 is 27.4 Å². The predicted octanol–water partition coefficient (Wildman–Crippen LogP) is -0.518. The molecule has 44 valence electrons. The Morgan fingerprint density at radius 2 is 0.375 bits per heavy atom. The van der Waals surface area contributed by atoms with Gasteiger partial charge in [0.25, 0.3) is 0 Å². The molecule has 0 aliphatic carbocycles. The third-order valence-electron chi connectivity index (χ3n) is 0. The van der Waals surface area contributed by atoms with Crippen molar-refractivity contribution in [2.45, 2.75) is 0 Å². The summed E-state index contributed by atoms with van der Waals surface area (Å²) in [7, 11) is 0. The quantitative estimate of drug-likeness (QED) is 0.465. The normalized spacial score (nSPS) is 0. The molecule has 0 aromatic heterocycles. The van der Waals surface area contributed by atoms with Crippen LogP contribution in [0.25, 0.3) is 0 Å². The van der Waals surface area contributed by atoms with Crippen LogP contribution >= 0.6 is 0 Å². The largest absolute Gasteiger partial charge is 5.00 e. The second-order valence-electron chi connectivity index (χ2n) is 0. The van der Waals surface area contributed by atoms with Crippen LogP contribution in [0, 0.1) is 7.43 Å². The Morgan fingerprint density at radius 3 is 0.375 bits per heavy atom. The molecule has 0 heterocycles. The van der Waals surface area contributed by atoms with Gasteiger partial charge in [-0.15, -0.1) is 0 Å². The first-order chi connectivity index (χ1) is 0. The summed E-state index contributed by atoms with van der Waals surface area (Å²) in [6, 6.07) is 0. The average Bonchev–Trinajstić information content (AvgIpc) is 0. The van der Waals surface area contributed by atoms with Crippen LogP contribution in [0.15, 0.2) is 0 Å². The zero-order valence-corrected chi connectivity index (χ0v) is 9.86. The minimum absolute atomic E-state index is 0. The third-order valence-corrected chi connectivity index (χ3v) is 0. The second-order valence-corrected chi connectivity index (χ2v) is 0. The van der Waals surface area contributed by atoms with Gasteiger partial charge in [-0.3, -0.25) is 0 Å². The van der Waals surface area contributed by atoms with Crippen LogP contribution < -0.4 is 0 Å². The number of rotatable bonds is 0. The maximum Gasteiger partial charge on any atom is 5.00 e. The Labute approximate surface area is 79.4 Å². The fraction of sp³-hybridized carbons (Fsp3) is 0. The molecule has 0 N–H and O–H groups in total. The van der Waals surface area contributed by atoms with Crippen molar-refractivity contribution in [2.75, 3.05) is 0 Å². The summed E-state index contributed by atoms with van der Waals surface area (Å²) in [5, 5.41) is 0. The molecule has 8 heavy (non-hydrogen) atoms. The van der Waals surface area contributed by atoms with Gasteiger partial charge >= 0.3 is 44.8 Å². The van der Waals surface area contributed by atoms with Crippen LogP contribution in [0.1, 0.15) is 0 Å². The van der Waals surface area contributed by atoms with Crippen molar-refractivity contribution in [3.63, 3.8) is 0 Å². The van der Waals surface area contributed by atoms with E-state index >= 15 is 0 Å². The van der Waals surface area contributed by atoms with E-state index in [1.54, 1.807) is 0 Å². The molecule has 5 nitrogen and oxygen atoms in total. The zero-order valence-electron chi connectivity index (χ0n) is 3.44. The van der Waals surface area contributed by atoms with Gasteiger partial charge in [0.05, 0.1) is 0 Å². The van der Waals surface area contributed by atoms with Crippen LogP contribution in [-0.4, -0.2) is 0 Å². The molecular weight excluding hydrogens is 454 g/mol. The van der Waals surface area contributed by atoms with Gasteiger partial charge in [0.15, 0.2) is 0 Å². The first-order valence-corrected chi connectivity index (χ1v) is 0. The van der Waals surface area contributed by atoms with Crippen molar-refractivity contribution in [1.82, 2.24) is 0 Å². The molecule has 0 aromatic rings. The summed E-state index contributed by atoms with van der Waals surface area (Å²) in [6.07, 6.45) is 0. The Balaban J connectivity index is 0. The smallest absolute Gasteiger partial charge is 2.00 e. The van der Waals surface area contributed by atoms with E-state index in [0.29, 0.717) is 0 Å². The number of hydrogen-bond acceptors (Lipinski definition) is 0. The van der Waals surface area contributed by atoms with Crippen LogP contribution in [0.5, 0.6) is 0 Å². The minimum Gasteiger partial charge on any atom is -2.00 e. The first kappa shape index (κ1) is 388. The minimum atomic E-state index is 0. The van der Waals surface area contributed by atoms with E-state index in [0.717, 1.165) is 0 Å². The average molecular weight is 454 g/mol. The molecule has 0 rings (SSSR count). The van der Waals surface area contributed by atoms with E-state index in [-0.39, 0.29) is 79.6 Å². The fourth-order valence-electron chi connectivity index (χ4n) is 0. The van der Waals surface area contributed by atoms with E-state index in [9.17, 15) is 0 Å². The van der Waals surface area contributed by atoms with E-state index in [2.05, 4.69) is 0 Å². The Bertz CT molecular complexity index is 10.4. The van der Waals surface area contributed by atoms with Gasteiger partial charge in [-0.2, -0.15) is 0 Å². The summed E-state index contributed by atoms with van der Waals surface area (Å²) >= 11 is 0. The van der Waals surface area contributed by atoms with Crippen LogP contribution in [0.2, 0.25) is 0 Å². The standard InChI is InChI=1S/C.5O.2Ta/q;5*-2;2*+5. The topological polar surface area (TPSA) is 142 Å². The molecular formula is CO5Ta2. The molecule has 0 saturated heterocycles. The van der Waals surface area contributed by atoms with Gasteiger partial charge in [0.1, 0.15) is 0 Å². The van der Waals surface area contributed by atoms with Gasteiger partial charge in [0, 0.05) is 7.43 Å². The first-order valence-electron chi connectivity index (χ1n) is 0. The van der Waals surface area contributed by atoms with Crippen molar-refractivity contribution in [3.8, 4) is 0 Å². The molecule has 0 aromatic carbocycles. The van der Waals surface area contributed by atoms with Gasteiger partial charge in [-0.1, -0.05) is 0 Å². The molecule has 0 aliphatic heterocycles. The van der Waals surface area contributed by atoms with Gasteiger partial charge in [-0.05, 0) is 0 Å². The molecule has 0 unspecified atom stereocenters. The Kier molecular flexibility index (Phi) is 13000. The molecule has 0 spiro atoms. The summed E-state index contributed by atoms with van der Waals surface area (Å²) in [4.78, 5) is 0. The molecule has 4 radical (unpaired) electrons. The van der Waals surface area contributed by atoms with E-state index in [1.165, 1.54) is 0 Å². The molecule has 7 heteroatoms. The summed E-state index contributed by atoms with van der Waals surface area (Å²) in [6.45, 7) is 0. The van der Waals surface area contributed by atoms with Crippen molar-refractivity contribution in [2.24, 2.45) is 0 Å². The SMILES string of the molecule is [C].[O-2].[O-2].[O-2].[O-2].[O-2].[Ta+5].[Ta+5]. The number of hydrogen-bond donors (Lipinski definition) is 0. The predicted molar refractivity (Wildman–Crippen MR) is 6.68 cm³/mol. The molecule has 0 bridgehead atoms. The maximum absolute atomic E-state index is 0. The summed E-state index contributed by atoms with van der Waals surface area (Å²) < 4.78 is 0. The molecule has 0 saturated carbocycles. The van der Waals surface area contributed by atoms with Crippen LogP contribution in [0.4, 0.5) is 0 Å². The summed E-state index contributed by atoms with van der Waals surface area (Å²) in [5.41, 5.74) is 0. The monoisotopic (exact) mass is 454 g/mol. The molecule has 0 aliphatic rings. The van der Waals surface area contributed by atoms with Gasteiger partial charge in [-0.25, -0.2) is 0 Å². The van der Waals surface area contributed by atoms with E-state index in [4.69, 9.17) is 0 Å². The van der Waals surface area contributed by atoms with Crippen LogP contribution in [-0.2, 0) is 72.1 Å². The summed E-state index contributed by atoms with van der Waals surface area (Å²) in [5.74, 6) is 0. The van der Waals surface area contributed by atoms with Crippen molar-refractivity contribution in [3.05, 3.63) is 7.43 Å². The van der Waals surface area contributed by atoms with Crippen molar-refractivity contribution >= 4 is 0 Å². The zero-order chi connectivity index (χ0) is 0. The fourth-order valence-corrected chi connectivity index (χ4v) is 0. The van der Waals surface area contributed by atoms with Crippen molar-refractivity contribution < 1.29 is 72.1 Å². The second kappa shape index (κ2) is 268. The third kappa shape index (κ3) is 175. The maximum atomic E-state index is 0. The molecule has 0 atom stereocenters. The van der Waals surface area contributed by atoms with Crippen LogP contribution in [0.3, 0.4) is 0 Å². The Hall–Kier alpha value is 1.28. The Morgan fingerprint density at radius 1 is 0.375 bits per heavy atom. The van der Waals surface area contributed by atoms with E-state index in [1.807, 2.05) is 0 Å². The molecule has 0 amide bonds. The van der Waals surface area contributed by atoms with E-state index < -0.39 is 0 Å². The van der Waals surface area contributed by atoms with Gasteiger partial charge in [0.2, 0.25) is 0 Å². The van der Waals surface area contributed by atoms with Crippen molar-refractivity contribution in [1.29, 1.82) is 0 Å². The molecule has 0 fully saturated rings.